The molecule has 1 saturated carbocycles. The van der Waals surface area contributed by atoms with Crippen LogP contribution < -0.4 is 10.6 Å². The highest BCUT2D eigenvalue weighted by Crippen LogP contribution is 2.33. The number of aromatic nitrogens is 1. The average Bonchev–Trinajstić information content (AvgIpc) is 3.49. The molecule has 2 heterocycles. The normalized spacial score (nSPS) is 17.5. The fourth-order valence-corrected chi connectivity index (χ4v) is 4.47. The molecule has 1 aliphatic heterocycles. The lowest BCUT2D eigenvalue weighted by molar-refractivity contribution is -0.117. The van der Waals surface area contributed by atoms with Crippen LogP contribution >= 0.6 is 0 Å². The number of carbonyl (C=O) groups excluding carboxylic acids is 2. The van der Waals surface area contributed by atoms with Crippen molar-refractivity contribution in [1.29, 1.82) is 0 Å². The summed E-state index contributed by atoms with van der Waals surface area (Å²) in [5.74, 6) is 0.417. The number of carbonyl (C=O) groups is 2. The Bertz CT molecular complexity index is 1090. The topological polar surface area (TPSA) is 77.2 Å². The summed E-state index contributed by atoms with van der Waals surface area (Å²) in [6, 6.07) is 15.9. The number of amides is 2. The quantitative estimate of drug-likeness (QED) is 0.571. The van der Waals surface area contributed by atoms with E-state index in [0.29, 0.717) is 29.8 Å². The first-order chi connectivity index (χ1) is 15.2. The van der Waals surface area contributed by atoms with Crippen LogP contribution in [0.2, 0.25) is 0 Å². The minimum absolute atomic E-state index is 0.0368. The third kappa shape index (κ3) is 4.64. The first kappa shape index (κ1) is 19.8. The van der Waals surface area contributed by atoms with Gasteiger partial charge in [0, 0.05) is 34.4 Å². The number of anilines is 1. The zero-order valence-corrected chi connectivity index (χ0v) is 17.6. The number of H-pyrrole nitrogens is 1. The predicted molar refractivity (Wildman–Crippen MR) is 122 cm³/mol. The Labute approximate surface area is 182 Å². The number of hydrogen-bond acceptors (Lipinski definition) is 3. The molecule has 0 unspecified atom stereocenters. The van der Waals surface area contributed by atoms with Gasteiger partial charge in [-0.15, -0.1) is 0 Å². The molecule has 2 fully saturated rings. The number of benzene rings is 2. The second kappa shape index (κ2) is 8.55. The molecule has 2 aliphatic rings. The molecule has 160 valence electrons. The number of likely N-dealkylation sites (tertiary alicyclic amines) is 1. The van der Waals surface area contributed by atoms with Gasteiger partial charge in [-0.2, -0.15) is 0 Å². The fraction of sp³-hybridized carbons (Fsp3) is 0.360. The second-order valence-electron chi connectivity index (χ2n) is 8.72. The van der Waals surface area contributed by atoms with E-state index in [-0.39, 0.29) is 11.8 Å². The average molecular weight is 417 g/mol. The molecule has 3 N–H and O–H groups in total. The van der Waals surface area contributed by atoms with E-state index in [1.54, 1.807) is 12.1 Å². The van der Waals surface area contributed by atoms with Crippen molar-refractivity contribution in [3.05, 3.63) is 65.9 Å². The van der Waals surface area contributed by atoms with Crippen LogP contribution in [-0.2, 0) is 4.79 Å². The Morgan fingerprint density at radius 1 is 1.00 bits per heavy atom. The molecule has 31 heavy (non-hydrogen) atoms. The Morgan fingerprint density at radius 2 is 1.81 bits per heavy atom. The van der Waals surface area contributed by atoms with Gasteiger partial charge in [0.2, 0.25) is 5.91 Å². The molecule has 2 amide bonds. The van der Waals surface area contributed by atoms with Crippen LogP contribution in [-0.4, -0.2) is 47.4 Å². The zero-order valence-electron chi connectivity index (χ0n) is 17.6. The van der Waals surface area contributed by atoms with Crippen molar-refractivity contribution >= 4 is 28.4 Å². The molecule has 5 rings (SSSR count). The lowest BCUT2D eigenvalue weighted by atomic mass is 9.89. The Morgan fingerprint density at radius 3 is 2.61 bits per heavy atom. The molecule has 1 aromatic heterocycles. The van der Waals surface area contributed by atoms with Crippen LogP contribution in [0, 0.1) is 0 Å². The van der Waals surface area contributed by atoms with Gasteiger partial charge in [0.1, 0.15) is 0 Å². The zero-order chi connectivity index (χ0) is 21.2. The van der Waals surface area contributed by atoms with Crippen LogP contribution in [0.4, 0.5) is 5.69 Å². The predicted octanol–water partition coefficient (Wildman–Crippen LogP) is 3.88. The van der Waals surface area contributed by atoms with Crippen molar-refractivity contribution in [3.8, 4) is 0 Å². The smallest absolute Gasteiger partial charge is 0.251 e. The summed E-state index contributed by atoms with van der Waals surface area (Å²) >= 11 is 0. The maximum atomic E-state index is 12.6. The molecule has 0 radical (unpaired) electrons. The molecular formula is C25H28N4O2. The number of nitrogens with zero attached hydrogens (tertiary/aromatic N) is 1. The van der Waals surface area contributed by atoms with E-state index in [9.17, 15) is 9.59 Å². The third-order valence-corrected chi connectivity index (χ3v) is 6.34. The first-order valence-corrected chi connectivity index (χ1v) is 11.1. The van der Waals surface area contributed by atoms with Crippen molar-refractivity contribution in [2.75, 3.05) is 25.0 Å². The van der Waals surface area contributed by atoms with Crippen molar-refractivity contribution < 1.29 is 9.59 Å². The summed E-state index contributed by atoms with van der Waals surface area (Å²) in [5.41, 5.74) is 3.83. The van der Waals surface area contributed by atoms with Crippen molar-refractivity contribution in [2.24, 2.45) is 0 Å². The van der Waals surface area contributed by atoms with E-state index >= 15 is 0 Å². The lowest BCUT2D eigenvalue weighted by Gasteiger charge is -2.31. The van der Waals surface area contributed by atoms with E-state index in [4.69, 9.17) is 0 Å². The monoisotopic (exact) mass is 416 g/mol. The molecule has 0 spiro atoms. The number of para-hydroxylation sites is 1. The fourth-order valence-electron chi connectivity index (χ4n) is 4.47. The Balaban J connectivity index is 1.14. The Hall–Kier alpha value is -3.12. The third-order valence-electron chi connectivity index (χ3n) is 6.34. The standard InChI is InChI=1S/C25H28N4O2/c30-24(27-20-5-3-4-18(14-20)25(31)28-19-8-9-19)16-29-12-10-17(11-13-29)22-15-26-23-7-2-1-6-21(22)23/h1-7,14-15,17,19,26H,8-13,16H2,(H,27,30)(H,28,31). The number of hydrogen-bond donors (Lipinski definition) is 3. The van der Waals surface area contributed by atoms with Gasteiger partial charge in [-0.05, 0) is 74.5 Å². The number of rotatable bonds is 6. The summed E-state index contributed by atoms with van der Waals surface area (Å²) in [6.45, 7) is 2.18. The maximum Gasteiger partial charge on any atom is 0.251 e. The van der Waals surface area contributed by atoms with Crippen LogP contribution in [0.3, 0.4) is 0 Å². The molecular weight excluding hydrogens is 388 g/mol. The van der Waals surface area contributed by atoms with Gasteiger partial charge in [-0.1, -0.05) is 24.3 Å². The summed E-state index contributed by atoms with van der Waals surface area (Å²) in [6.07, 6.45) is 6.35. The van der Waals surface area contributed by atoms with Gasteiger partial charge in [-0.3, -0.25) is 14.5 Å². The highest BCUT2D eigenvalue weighted by atomic mass is 16.2. The number of nitrogens with one attached hydrogen (secondary N) is 3. The summed E-state index contributed by atoms with van der Waals surface area (Å²) in [5, 5.41) is 7.24. The van der Waals surface area contributed by atoms with Crippen LogP contribution in [0.15, 0.2) is 54.7 Å². The Kier molecular flexibility index (Phi) is 5.47. The molecule has 0 bridgehead atoms. The van der Waals surface area contributed by atoms with Crippen LogP contribution in [0.25, 0.3) is 10.9 Å². The molecule has 3 aromatic rings. The molecule has 6 heteroatoms. The van der Waals surface area contributed by atoms with E-state index < -0.39 is 0 Å². The molecule has 2 aromatic carbocycles. The highest BCUT2D eigenvalue weighted by molar-refractivity contribution is 5.97. The maximum absolute atomic E-state index is 12.6. The van der Waals surface area contributed by atoms with Crippen molar-refractivity contribution in [1.82, 2.24) is 15.2 Å². The number of aromatic amines is 1. The molecule has 1 saturated heterocycles. The van der Waals surface area contributed by atoms with Crippen molar-refractivity contribution in [3.63, 3.8) is 0 Å². The molecule has 6 nitrogen and oxygen atoms in total. The minimum atomic E-state index is -0.0713. The summed E-state index contributed by atoms with van der Waals surface area (Å²) in [7, 11) is 0. The van der Waals surface area contributed by atoms with Gasteiger partial charge in [0.05, 0.1) is 6.54 Å². The van der Waals surface area contributed by atoms with E-state index in [2.05, 4.69) is 51.0 Å². The van der Waals surface area contributed by atoms with Crippen LogP contribution in [0.5, 0.6) is 0 Å². The summed E-state index contributed by atoms with van der Waals surface area (Å²) < 4.78 is 0. The van der Waals surface area contributed by atoms with Crippen LogP contribution in [0.1, 0.15) is 47.5 Å². The van der Waals surface area contributed by atoms with Gasteiger partial charge in [0.15, 0.2) is 0 Å². The number of piperidine rings is 1. The van der Waals surface area contributed by atoms with Gasteiger partial charge in [-0.25, -0.2) is 0 Å². The van der Waals surface area contributed by atoms with Gasteiger partial charge >= 0.3 is 0 Å². The van der Waals surface area contributed by atoms with E-state index in [0.717, 1.165) is 38.8 Å². The van der Waals surface area contributed by atoms with Gasteiger partial charge in [0.25, 0.3) is 5.91 Å². The molecule has 0 atom stereocenters. The first-order valence-electron chi connectivity index (χ1n) is 11.1. The largest absolute Gasteiger partial charge is 0.361 e. The summed E-state index contributed by atoms with van der Waals surface area (Å²) in [4.78, 5) is 30.4. The van der Waals surface area contributed by atoms with E-state index in [1.807, 2.05) is 12.1 Å². The second-order valence-corrected chi connectivity index (χ2v) is 8.72. The van der Waals surface area contributed by atoms with Gasteiger partial charge < -0.3 is 15.6 Å². The highest BCUT2D eigenvalue weighted by Gasteiger charge is 2.25. The molecule has 1 aliphatic carbocycles. The van der Waals surface area contributed by atoms with E-state index in [1.165, 1.54) is 16.5 Å². The minimum Gasteiger partial charge on any atom is -0.361 e. The SMILES string of the molecule is O=C(CN1CCC(c2c[nH]c3ccccc23)CC1)Nc1cccc(C(=O)NC2CC2)c1. The number of fused-ring (bicyclic) bond motifs is 1. The van der Waals surface area contributed by atoms with Crippen molar-refractivity contribution in [2.45, 2.75) is 37.6 Å². The lowest BCUT2D eigenvalue weighted by Crippen LogP contribution is -2.38.